The molecule has 1 aromatic carbocycles. The maximum Gasteiger partial charge on any atom is 0.403 e. The predicted octanol–water partition coefficient (Wildman–Crippen LogP) is 0.400. The summed E-state index contributed by atoms with van der Waals surface area (Å²) in [5.74, 6) is 0. The van der Waals surface area contributed by atoms with Crippen molar-refractivity contribution in [1.29, 1.82) is 0 Å². The Hall–Kier alpha value is -2.07. The van der Waals surface area contributed by atoms with E-state index in [9.17, 15) is 24.2 Å². The van der Waals surface area contributed by atoms with Crippen molar-refractivity contribution in [3.63, 3.8) is 0 Å². The number of aryl methyl sites for hydroxylation is 1. The summed E-state index contributed by atoms with van der Waals surface area (Å²) >= 11 is 0. The molecule has 1 aromatic heterocycles. The van der Waals surface area contributed by atoms with Crippen molar-refractivity contribution in [1.82, 2.24) is 14.6 Å². The summed E-state index contributed by atoms with van der Waals surface area (Å²) in [5.41, 5.74) is -0.0233. The van der Waals surface area contributed by atoms with Crippen LogP contribution in [0.3, 0.4) is 0 Å². The van der Waals surface area contributed by atoms with E-state index in [2.05, 4.69) is 10.1 Å². The van der Waals surface area contributed by atoms with Crippen molar-refractivity contribution in [3.8, 4) is 0 Å². The number of nitrogens with zero attached hydrogens (tertiary/aromatic N) is 1. The van der Waals surface area contributed by atoms with Crippen LogP contribution in [0.25, 0.3) is 0 Å². The molecule has 0 bridgehead atoms. The quantitative estimate of drug-likeness (QED) is 0.480. The fraction of sp³-hybridized carbons (Fsp3) is 0.412. The van der Waals surface area contributed by atoms with E-state index in [0.29, 0.717) is 5.56 Å². The lowest BCUT2D eigenvalue weighted by molar-refractivity contribution is -0.0428. The largest absolute Gasteiger partial charge is 0.403 e. The fourth-order valence-electron chi connectivity index (χ4n) is 2.84. The lowest BCUT2D eigenvalue weighted by atomic mass is 10.2. The topological polar surface area (TPSA) is 143 Å². The average molecular weight is 411 g/mol. The molecular weight excluding hydrogens is 389 g/mol. The standard InChI is InChI=1S/C17H22N3O7P/c1-11-9-20(17(23)19-16(11)22)15-7-13(21)14(27-15)10-26-28(24,25)18-8-12-5-3-2-4-6-12/h2-6,9,13-15,21H,7-8,10H2,1H3,(H2,18,24,25)(H,19,22,23)/t13-,14+,15+/m0/s1. The molecule has 0 aliphatic carbocycles. The van der Waals surface area contributed by atoms with Gasteiger partial charge >= 0.3 is 13.4 Å². The van der Waals surface area contributed by atoms with Crippen LogP contribution in [0.5, 0.6) is 0 Å². The third kappa shape index (κ3) is 5.05. The molecule has 0 spiro atoms. The number of rotatable bonds is 7. The lowest BCUT2D eigenvalue weighted by Gasteiger charge is -2.19. The summed E-state index contributed by atoms with van der Waals surface area (Å²) in [6, 6.07) is 9.05. The van der Waals surface area contributed by atoms with E-state index >= 15 is 0 Å². The van der Waals surface area contributed by atoms with Gasteiger partial charge in [0.05, 0.1) is 12.7 Å². The number of aliphatic hydroxyl groups excluding tert-OH is 1. The molecule has 0 saturated carbocycles. The van der Waals surface area contributed by atoms with Crippen molar-refractivity contribution in [2.75, 3.05) is 6.61 Å². The number of ether oxygens (including phenoxy) is 1. The van der Waals surface area contributed by atoms with Gasteiger partial charge in [0.15, 0.2) is 0 Å². The highest BCUT2D eigenvalue weighted by Crippen LogP contribution is 2.39. The number of H-pyrrole nitrogens is 1. The van der Waals surface area contributed by atoms with Gasteiger partial charge in [-0.2, -0.15) is 0 Å². The Morgan fingerprint density at radius 1 is 1.36 bits per heavy atom. The zero-order chi connectivity index (χ0) is 20.3. The van der Waals surface area contributed by atoms with E-state index in [0.717, 1.165) is 5.56 Å². The first-order valence-electron chi connectivity index (χ1n) is 8.67. The van der Waals surface area contributed by atoms with E-state index in [1.54, 1.807) is 19.1 Å². The highest BCUT2D eigenvalue weighted by Gasteiger charge is 2.37. The van der Waals surface area contributed by atoms with Crippen LogP contribution >= 0.6 is 7.75 Å². The van der Waals surface area contributed by atoms with Gasteiger partial charge in [0.1, 0.15) is 12.3 Å². The molecule has 4 N–H and O–H groups in total. The number of aliphatic hydroxyl groups is 1. The van der Waals surface area contributed by atoms with E-state index in [-0.39, 0.29) is 19.6 Å². The lowest BCUT2D eigenvalue weighted by Crippen LogP contribution is -2.33. The number of aromatic nitrogens is 2. The predicted molar refractivity (Wildman–Crippen MR) is 99.7 cm³/mol. The first kappa shape index (κ1) is 20.7. The highest BCUT2D eigenvalue weighted by molar-refractivity contribution is 7.50. The Labute approximate surface area is 160 Å². The number of benzene rings is 1. The molecule has 0 radical (unpaired) electrons. The molecule has 1 saturated heterocycles. The average Bonchev–Trinajstić information content (AvgIpc) is 3.03. The molecule has 3 rings (SSSR count). The van der Waals surface area contributed by atoms with Crippen LogP contribution in [0.15, 0.2) is 46.1 Å². The second kappa shape index (κ2) is 8.52. The van der Waals surface area contributed by atoms with Gasteiger partial charge in [0.25, 0.3) is 5.56 Å². The molecule has 2 heterocycles. The first-order valence-corrected chi connectivity index (χ1v) is 10.2. The number of hydrogen-bond donors (Lipinski definition) is 4. The smallest absolute Gasteiger partial charge is 0.390 e. The summed E-state index contributed by atoms with van der Waals surface area (Å²) in [6.45, 7) is 1.34. The van der Waals surface area contributed by atoms with Crippen LogP contribution in [0.4, 0.5) is 0 Å². The Morgan fingerprint density at radius 2 is 2.07 bits per heavy atom. The van der Waals surface area contributed by atoms with Gasteiger partial charge < -0.3 is 14.7 Å². The molecule has 1 fully saturated rings. The van der Waals surface area contributed by atoms with Gasteiger partial charge in [-0.15, -0.1) is 0 Å². The summed E-state index contributed by atoms with van der Waals surface area (Å²) < 4.78 is 23.9. The van der Waals surface area contributed by atoms with Crippen LogP contribution in [0.2, 0.25) is 0 Å². The summed E-state index contributed by atoms with van der Waals surface area (Å²) in [7, 11) is -4.11. The summed E-state index contributed by atoms with van der Waals surface area (Å²) in [6.07, 6.45) is -1.30. The van der Waals surface area contributed by atoms with Gasteiger partial charge in [-0.1, -0.05) is 30.3 Å². The van der Waals surface area contributed by atoms with Crippen molar-refractivity contribution in [2.45, 2.75) is 38.3 Å². The highest BCUT2D eigenvalue weighted by atomic mass is 31.2. The molecule has 10 nitrogen and oxygen atoms in total. The molecular formula is C17H22N3O7P. The van der Waals surface area contributed by atoms with Crippen molar-refractivity contribution < 1.29 is 23.8 Å². The van der Waals surface area contributed by atoms with Gasteiger partial charge in [-0.3, -0.25) is 18.9 Å². The summed E-state index contributed by atoms with van der Waals surface area (Å²) in [4.78, 5) is 35.5. The molecule has 152 valence electrons. The minimum atomic E-state index is -4.11. The van der Waals surface area contributed by atoms with E-state index in [1.165, 1.54) is 10.8 Å². The number of nitrogens with one attached hydrogen (secondary N) is 2. The molecule has 4 atom stereocenters. The third-order valence-electron chi connectivity index (χ3n) is 4.40. The summed E-state index contributed by atoms with van der Waals surface area (Å²) in [5, 5.41) is 12.6. The van der Waals surface area contributed by atoms with Crippen molar-refractivity contribution in [3.05, 3.63) is 68.5 Å². The zero-order valence-electron chi connectivity index (χ0n) is 15.1. The molecule has 2 aromatic rings. The maximum atomic E-state index is 12.1. The Morgan fingerprint density at radius 3 is 2.79 bits per heavy atom. The van der Waals surface area contributed by atoms with E-state index in [4.69, 9.17) is 9.26 Å². The van der Waals surface area contributed by atoms with Crippen LogP contribution in [-0.4, -0.2) is 38.4 Å². The fourth-order valence-corrected chi connectivity index (χ4v) is 3.67. The first-order chi connectivity index (χ1) is 13.2. The van der Waals surface area contributed by atoms with E-state index in [1.807, 2.05) is 18.2 Å². The van der Waals surface area contributed by atoms with Crippen LogP contribution in [-0.2, 0) is 20.4 Å². The molecule has 1 unspecified atom stereocenters. The maximum absolute atomic E-state index is 12.1. The monoisotopic (exact) mass is 411 g/mol. The molecule has 11 heteroatoms. The zero-order valence-corrected chi connectivity index (χ0v) is 16.0. The van der Waals surface area contributed by atoms with Crippen molar-refractivity contribution in [2.24, 2.45) is 0 Å². The number of aromatic amines is 1. The van der Waals surface area contributed by atoms with Gasteiger partial charge in [-0.25, -0.2) is 14.4 Å². The molecule has 0 amide bonds. The SMILES string of the molecule is Cc1cn([C@H]2C[C@H](O)[C@@H](COP(=O)(O)NCc3ccccc3)O2)c(=O)[nH]c1=O. The van der Waals surface area contributed by atoms with Crippen LogP contribution in [0.1, 0.15) is 23.8 Å². The van der Waals surface area contributed by atoms with Gasteiger partial charge in [-0.05, 0) is 12.5 Å². The Balaban J connectivity index is 1.58. The van der Waals surface area contributed by atoms with Crippen molar-refractivity contribution >= 4 is 7.75 Å². The van der Waals surface area contributed by atoms with Gasteiger partial charge in [0, 0.05) is 24.7 Å². The Bertz CT molecular complexity index is 975. The van der Waals surface area contributed by atoms with Crippen LogP contribution < -0.4 is 16.3 Å². The van der Waals surface area contributed by atoms with Crippen LogP contribution in [0, 0.1) is 6.92 Å². The third-order valence-corrected chi connectivity index (χ3v) is 5.46. The van der Waals surface area contributed by atoms with Gasteiger partial charge in [0.2, 0.25) is 0 Å². The Kier molecular flexibility index (Phi) is 6.29. The van der Waals surface area contributed by atoms with E-state index < -0.39 is 37.4 Å². The number of hydrogen-bond acceptors (Lipinski definition) is 6. The molecule has 28 heavy (non-hydrogen) atoms. The second-order valence-electron chi connectivity index (χ2n) is 6.55. The second-order valence-corrected chi connectivity index (χ2v) is 8.16. The minimum Gasteiger partial charge on any atom is -0.390 e. The molecule has 1 aliphatic rings. The normalized spacial score (nSPS) is 24.2. The minimum absolute atomic E-state index is 0.0760. The molecule has 1 aliphatic heterocycles.